The summed E-state index contributed by atoms with van der Waals surface area (Å²) in [5.41, 5.74) is -0.306. The number of ether oxygens (including phenoxy) is 1. The lowest BCUT2D eigenvalue weighted by Gasteiger charge is -2.14. The normalized spacial score (nSPS) is 15.7. The van der Waals surface area contributed by atoms with E-state index in [2.05, 4.69) is 20.6 Å². The zero-order valence-electron chi connectivity index (χ0n) is 16.8. The molecule has 0 saturated carbocycles. The van der Waals surface area contributed by atoms with E-state index in [0.717, 1.165) is 12.8 Å². The molecule has 0 unspecified atom stereocenters. The predicted octanol–water partition coefficient (Wildman–Crippen LogP) is 0.783. The number of hydrogen-bond donors (Lipinski definition) is 3. The molecule has 4 rings (SSSR count). The Morgan fingerprint density at radius 1 is 1.26 bits per heavy atom. The van der Waals surface area contributed by atoms with E-state index in [9.17, 15) is 19.2 Å². The molecule has 1 aliphatic rings. The Kier molecular flexibility index (Phi) is 5.63. The second kappa shape index (κ2) is 8.52. The number of hydrogen-bond acceptors (Lipinski definition) is 6. The maximum absolute atomic E-state index is 12.8. The molecule has 3 heterocycles. The summed E-state index contributed by atoms with van der Waals surface area (Å²) < 4.78 is 6.70. The average Bonchev–Trinajstić information content (AvgIpc) is 3.29. The van der Waals surface area contributed by atoms with E-state index in [1.54, 1.807) is 24.3 Å². The van der Waals surface area contributed by atoms with Crippen molar-refractivity contribution in [2.24, 2.45) is 7.05 Å². The number of para-hydroxylation sites is 1. The minimum atomic E-state index is -0.630. The van der Waals surface area contributed by atoms with E-state index in [1.807, 2.05) is 0 Å². The Hall–Kier alpha value is -3.79. The zero-order chi connectivity index (χ0) is 22.0. The summed E-state index contributed by atoms with van der Waals surface area (Å²) in [5, 5.41) is 5.63. The van der Waals surface area contributed by atoms with Gasteiger partial charge >= 0.3 is 5.69 Å². The number of carbonyl (C=O) groups is 2. The van der Waals surface area contributed by atoms with Crippen LogP contribution in [-0.4, -0.2) is 45.6 Å². The van der Waals surface area contributed by atoms with E-state index >= 15 is 0 Å². The SMILES string of the molecule is Cn1c(=O)[nH]c(=O)c2cc(C(=O)Nc3ccccc3C(=O)NC[C@@H]3CCCO3)cnc21. The van der Waals surface area contributed by atoms with Crippen LogP contribution in [0.25, 0.3) is 11.0 Å². The number of rotatable bonds is 5. The van der Waals surface area contributed by atoms with Crippen LogP contribution in [0.5, 0.6) is 0 Å². The summed E-state index contributed by atoms with van der Waals surface area (Å²) >= 11 is 0. The minimum Gasteiger partial charge on any atom is -0.376 e. The molecular formula is C21H21N5O5. The molecule has 1 atom stereocenters. The number of nitrogens with zero attached hydrogens (tertiary/aromatic N) is 2. The predicted molar refractivity (Wildman–Crippen MR) is 113 cm³/mol. The Morgan fingerprint density at radius 3 is 2.84 bits per heavy atom. The van der Waals surface area contributed by atoms with Crippen LogP contribution in [0.3, 0.4) is 0 Å². The summed E-state index contributed by atoms with van der Waals surface area (Å²) in [4.78, 5) is 55.5. The average molecular weight is 423 g/mol. The highest BCUT2D eigenvalue weighted by Crippen LogP contribution is 2.18. The van der Waals surface area contributed by atoms with Crippen LogP contribution in [0.2, 0.25) is 0 Å². The van der Waals surface area contributed by atoms with E-state index < -0.39 is 17.2 Å². The zero-order valence-corrected chi connectivity index (χ0v) is 16.8. The fourth-order valence-electron chi connectivity index (χ4n) is 3.45. The molecule has 1 saturated heterocycles. The van der Waals surface area contributed by atoms with Gasteiger partial charge in [0.1, 0.15) is 5.65 Å². The fraction of sp³-hybridized carbons (Fsp3) is 0.286. The Balaban J connectivity index is 1.55. The van der Waals surface area contributed by atoms with Crippen molar-refractivity contribution in [1.82, 2.24) is 19.9 Å². The van der Waals surface area contributed by atoms with Crippen molar-refractivity contribution in [1.29, 1.82) is 0 Å². The van der Waals surface area contributed by atoms with Crippen molar-refractivity contribution in [3.05, 3.63) is 68.5 Å². The first kappa shape index (κ1) is 20.5. The number of aromatic nitrogens is 3. The molecule has 0 bridgehead atoms. The second-order valence-electron chi connectivity index (χ2n) is 7.26. The van der Waals surface area contributed by atoms with Crippen molar-refractivity contribution in [3.63, 3.8) is 0 Å². The highest BCUT2D eigenvalue weighted by atomic mass is 16.5. The van der Waals surface area contributed by atoms with Gasteiger partial charge in [0.05, 0.1) is 28.3 Å². The molecule has 0 aliphatic carbocycles. The highest BCUT2D eigenvalue weighted by molar-refractivity contribution is 6.09. The molecule has 3 N–H and O–H groups in total. The number of aryl methyl sites for hydroxylation is 1. The number of carbonyl (C=O) groups excluding carboxylic acids is 2. The van der Waals surface area contributed by atoms with Gasteiger partial charge in [-0.25, -0.2) is 9.78 Å². The maximum Gasteiger partial charge on any atom is 0.329 e. The van der Waals surface area contributed by atoms with Crippen molar-refractivity contribution in [2.75, 3.05) is 18.5 Å². The van der Waals surface area contributed by atoms with Crippen LogP contribution in [0.4, 0.5) is 5.69 Å². The Labute approximate surface area is 176 Å². The number of benzene rings is 1. The second-order valence-corrected chi connectivity index (χ2v) is 7.26. The van der Waals surface area contributed by atoms with Crippen molar-refractivity contribution in [3.8, 4) is 0 Å². The quantitative estimate of drug-likeness (QED) is 0.555. The maximum atomic E-state index is 12.8. The van der Waals surface area contributed by atoms with Gasteiger partial charge in [0.15, 0.2) is 0 Å². The van der Waals surface area contributed by atoms with Gasteiger partial charge < -0.3 is 15.4 Å². The summed E-state index contributed by atoms with van der Waals surface area (Å²) in [7, 11) is 1.47. The van der Waals surface area contributed by atoms with Crippen molar-refractivity contribution in [2.45, 2.75) is 18.9 Å². The molecule has 160 valence electrons. The number of H-pyrrole nitrogens is 1. The van der Waals surface area contributed by atoms with Gasteiger partial charge in [-0.1, -0.05) is 12.1 Å². The third-order valence-electron chi connectivity index (χ3n) is 5.15. The van der Waals surface area contributed by atoms with Gasteiger partial charge in [-0.05, 0) is 31.0 Å². The molecule has 10 nitrogen and oxygen atoms in total. The molecule has 2 amide bonds. The first-order valence-corrected chi connectivity index (χ1v) is 9.83. The lowest BCUT2D eigenvalue weighted by atomic mass is 10.1. The minimum absolute atomic E-state index is 0.00318. The molecule has 2 aromatic heterocycles. The number of nitrogens with one attached hydrogen (secondary N) is 3. The molecule has 1 fully saturated rings. The van der Waals surface area contributed by atoms with E-state index in [4.69, 9.17) is 4.74 Å². The number of fused-ring (bicyclic) bond motifs is 1. The highest BCUT2D eigenvalue weighted by Gasteiger charge is 2.19. The summed E-state index contributed by atoms with van der Waals surface area (Å²) in [6.07, 6.45) is 3.15. The number of anilines is 1. The van der Waals surface area contributed by atoms with Crippen LogP contribution in [0, 0.1) is 0 Å². The largest absolute Gasteiger partial charge is 0.376 e. The van der Waals surface area contributed by atoms with Gasteiger partial charge in [-0.15, -0.1) is 0 Å². The Morgan fingerprint density at radius 2 is 2.06 bits per heavy atom. The van der Waals surface area contributed by atoms with Crippen LogP contribution in [0.1, 0.15) is 33.6 Å². The lowest BCUT2D eigenvalue weighted by Crippen LogP contribution is -2.32. The third kappa shape index (κ3) is 4.24. The first-order chi connectivity index (χ1) is 14.9. The van der Waals surface area contributed by atoms with Crippen molar-refractivity contribution < 1.29 is 14.3 Å². The molecule has 0 spiro atoms. The van der Waals surface area contributed by atoms with E-state index in [-0.39, 0.29) is 28.6 Å². The van der Waals surface area contributed by atoms with Crippen LogP contribution >= 0.6 is 0 Å². The van der Waals surface area contributed by atoms with Crippen LogP contribution < -0.4 is 21.9 Å². The van der Waals surface area contributed by atoms with Gasteiger partial charge in [-0.3, -0.25) is 23.9 Å². The lowest BCUT2D eigenvalue weighted by molar-refractivity contribution is 0.0858. The van der Waals surface area contributed by atoms with E-state index in [0.29, 0.717) is 24.4 Å². The smallest absolute Gasteiger partial charge is 0.329 e. The van der Waals surface area contributed by atoms with Gasteiger partial charge in [-0.2, -0.15) is 0 Å². The first-order valence-electron chi connectivity index (χ1n) is 9.83. The number of pyridine rings is 1. The third-order valence-corrected chi connectivity index (χ3v) is 5.15. The number of amides is 2. The molecule has 10 heteroatoms. The Bertz CT molecular complexity index is 1270. The summed E-state index contributed by atoms with van der Waals surface area (Å²) in [5.74, 6) is -0.864. The topological polar surface area (TPSA) is 135 Å². The molecule has 1 aromatic carbocycles. The molecule has 31 heavy (non-hydrogen) atoms. The van der Waals surface area contributed by atoms with Crippen LogP contribution in [0.15, 0.2) is 46.1 Å². The molecule has 3 aromatic rings. The van der Waals surface area contributed by atoms with Gasteiger partial charge in [0, 0.05) is 26.4 Å². The summed E-state index contributed by atoms with van der Waals surface area (Å²) in [6, 6.07) is 7.99. The monoisotopic (exact) mass is 423 g/mol. The molecular weight excluding hydrogens is 402 g/mol. The van der Waals surface area contributed by atoms with Gasteiger partial charge in [0.25, 0.3) is 17.4 Å². The van der Waals surface area contributed by atoms with Crippen LogP contribution in [-0.2, 0) is 11.8 Å². The van der Waals surface area contributed by atoms with Gasteiger partial charge in [0.2, 0.25) is 0 Å². The molecule has 0 radical (unpaired) electrons. The number of aromatic amines is 1. The van der Waals surface area contributed by atoms with Crippen molar-refractivity contribution >= 4 is 28.5 Å². The standard InChI is InChI=1S/C21H21N5O5/c1-26-17-15(20(29)25-21(26)30)9-12(10-22-17)18(27)24-16-7-3-2-6-14(16)19(28)23-11-13-5-4-8-31-13/h2-3,6-7,9-10,13H,4-5,8,11H2,1H3,(H,23,28)(H,24,27)(H,25,29,30)/t13-/m0/s1. The van der Waals surface area contributed by atoms with E-state index in [1.165, 1.54) is 23.9 Å². The summed E-state index contributed by atoms with van der Waals surface area (Å²) in [6.45, 7) is 1.10. The fourth-order valence-corrected chi connectivity index (χ4v) is 3.45. The molecule has 1 aliphatic heterocycles.